The predicted molar refractivity (Wildman–Crippen MR) is 80.4 cm³/mol. The molecule has 2 aromatic carbocycles. The molecular weight excluding hydrogens is 267 g/mol. The molecule has 0 spiro atoms. The Balaban J connectivity index is 1.73. The number of hydrogen-bond donors (Lipinski definition) is 2. The topological polar surface area (TPSA) is 55.1 Å². The molecule has 4 heteroatoms. The Morgan fingerprint density at radius 3 is 2.76 bits per heavy atom. The first-order chi connectivity index (χ1) is 10.1. The minimum atomic E-state index is -0.400. The Kier molecular flexibility index (Phi) is 3.71. The summed E-state index contributed by atoms with van der Waals surface area (Å²) in [6.07, 6.45) is 1.81. The minimum Gasteiger partial charge on any atom is -0.324 e. The maximum absolute atomic E-state index is 14.0. The van der Waals surface area contributed by atoms with Gasteiger partial charge in [-0.15, -0.1) is 0 Å². The van der Waals surface area contributed by atoms with Crippen molar-refractivity contribution in [2.45, 2.75) is 25.3 Å². The normalized spacial score (nSPS) is 14.7. The summed E-state index contributed by atoms with van der Waals surface area (Å²) in [4.78, 5) is 11.3. The van der Waals surface area contributed by atoms with E-state index in [-0.39, 0.29) is 18.4 Å². The van der Waals surface area contributed by atoms with Crippen LogP contribution in [0.2, 0.25) is 0 Å². The Morgan fingerprint density at radius 2 is 2.00 bits per heavy atom. The fourth-order valence-electron chi connectivity index (χ4n) is 2.67. The van der Waals surface area contributed by atoms with Crippen molar-refractivity contribution in [3.8, 4) is 0 Å². The highest BCUT2D eigenvalue weighted by Crippen LogP contribution is 2.30. The smallest absolute Gasteiger partial charge is 0.228 e. The number of carbonyl (C=O) groups is 1. The lowest BCUT2D eigenvalue weighted by Gasteiger charge is -2.14. The monoisotopic (exact) mass is 284 g/mol. The summed E-state index contributed by atoms with van der Waals surface area (Å²) >= 11 is 0. The molecule has 0 aliphatic carbocycles. The summed E-state index contributed by atoms with van der Waals surface area (Å²) in [6, 6.07) is 13.1. The van der Waals surface area contributed by atoms with Crippen LogP contribution in [0.1, 0.15) is 29.2 Å². The van der Waals surface area contributed by atoms with Crippen molar-refractivity contribution in [3.63, 3.8) is 0 Å². The molecule has 3 N–H and O–H groups in total. The van der Waals surface area contributed by atoms with Crippen LogP contribution in [0.25, 0.3) is 0 Å². The standard InChI is InChI=1S/C17H17FN2O/c18-14-9-12(8-13-10-16(21)20-17(13)14)15(19)7-6-11-4-2-1-3-5-11/h1-5,8-9,15H,6-7,10,19H2,(H,20,21). The van der Waals surface area contributed by atoms with Crippen LogP contribution in [0, 0.1) is 5.82 Å². The van der Waals surface area contributed by atoms with Crippen molar-refractivity contribution >= 4 is 11.6 Å². The summed E-state index contributed by atoms with van der Waals surface area (Å²) in [5.41, 5.74) is 9.14. The molecule has 1 aliphatic heterocycles. The van der Waals surface area contributed by atoms with Crippen molar-refractivity contribution in [2.24, 2.45) is 5.73 Å². The molecule has 0 saturated carbocycles. The van der Waals surface area contributed by atoms with Crippen LogP contribution in [0.15, 0.2) is 42.5 Å². The van der Waals surface area contributed by atoms with Gasteiger partial charge in [0.1, 0.15) is 5.82 Å². The van der Waals surface area contributed by atoms with Gasteiger partial charge in [0.2, 0.25) is 5.91 Å². The lowest BCUT2D eigenvalue weighted by molar-refractivity contribution is -0.115. The zero-order valence-corrected chi connectivity index (χ0v) is 11.6. The number of rotatable bonds is 4. The molecule has 0 radical (unpaired) electrons. The third-order valence-corrected chi connectivity index (χ3v) is 3.82. The van der Waals surface area contributed by atoms with Crippen molar-refractivity contribution in [2.75, 3.05) is 5.32 Å². The molecule has 21 heavy (non-hydrogen) atoms. The van der Waals surface area contributed by atoms with E-state index in [1.54, 1.807) is 0 Å². The highest BCUT2D eigenvalue weighted by Gasteiger charge is 2.23. The van der Waals surface area contributed by atoms with E-state index >= 15 is 0 Å². The summed E-state index contributed by atoms with van der Waals surface area (Å²) in [7, 11) is 0. The van der Waals surface area contributed by atoms with Crippen LogP contribution in [0.4, 0.5) is 10.1 Å². The molecule has 2 aromatic rings. The fraction of sp³-hybridized carbons (Fsp3) is 0.235. The van der Waals surface area contributed by atoms with E-state index in [2.05, 4.69) is 17.4 Å². The molecule has 1 heterocycles. The van der Waals surface area contributed by atoms with Gasteiger partial charge in [-0.2, -0.15) is 0 Å². The summed E-state index contributed by atoms with van der Waals surface area (Å²) in [5.74, 6) is -0.567. The number of benzene rings is 2. The number of amides is 1. The molecule has 3 rings (SSSR count). The molecule has 1 atom stereocenters. The number of hydrogen-bond acceptors (Lipinski definition) is 2. The van der Waals surface area contributed by atoms with Crippen LogP contribution in [0.5, 0.6) is 0 Å². The van der Waals surface area contributed by atoms with Gasteiger partial charge in [-0.3, -0.25) is 4.79 Å². The number of halogens is 1. The molecule has 0 aromatic heterocycles. The van der Waals surface area contributed by atoms with Gasteiger partial charge in [0.25, 0.3) is 0 Å². The van der Waals surface area contributed by atoms with Gasteiger partial charge >= 0.3 is 0 Å². The minimum absolute atomic E-state index is 0.168. The zero-order valence-electron chi connectivity index (χ0n) is 11.6. The quantitative estimate of drug-likeness (QED) is 0.907. The number of fused-ring (bicyclic) bond motifs is 1. The molecule has 1 unspecified atom stereocenters. The Morgan fingerprint density at radius 1 is 1.24 bits per heavy atom. The molecule has 0 saturated heterocycles. The van der Waals surface area contributed by atoms with Crippen molar-refractivity contribution in [1.82, 2.24) is 0 Å². The zero-order chi connectivity index (χ0) is 14.8. The predicted octanol–water partition coefficient (Wildman–Crippen LogP) is 2.95. The summed E-state index contributed by atoms with van der Waals surface area (Å²) in [5, 5.41) is 2.53. The second-order valence-electron chi connectivity index (χ2n) is 5.39. The highest BCUT2D eigenvalue weighted by atomic mass is 19.1. The van der Waals surface area contributed by atoms with E-state index in [0.29, 0.717) is 11.3 Å². The third kappa shape index (κ3) is 2.95. The van der Waals surface area contributed by atoms with E-state index < -0.39 is 5.82 Å². The van der Waals surface area contributed by atoms with E-state index in [1.165, 1.54) is 11.6 Å². The van der Waals surface area contributed by atoms with Crippen molar-refractivity contribution < 1.29 is 9.18 Å². The van der Waals surface area contributed by atoms with Gasteiger partial charge in [0, 0.05) is 6.04 Å². The fourth-order valence-corrected chi connectivity index (χ4v) is 2.67. The van der Waals surface area contributed by atoms with Crippen LogP contribution in [-0.4, -0.2) is 5.91 Å². The summed E-state index contributed by atoms with van der Waals surface area (Å²) < 4.78 is 14.0. The van der Waals surface area contributed by atoms with E-state index in [4.69, 9.17) is 5.73 Å². The average molecular weight is 284 g/mol. The van der Waals surface area contributed by atoms with E-state index in [1.807, 2.05) is 24.3 Å². The van der Waals surface area contributed by atoms with Gasteiger partial charge in [-0.05, 0) is 35.6 Å². The van der Waals surface area contributed by atoms with Gasteiger partial charge < -0.3 is 11.1 Å². The van der Waals surface area contributed by atoms with Crippen molar-refractivity contribution in [1.29, 1.82) is 0 Å². The van der Waals surface area contributed by atoms with E-state index in [0.717, 1.165) is 18.4 Å². The van der Waals surface area contributed by atoms with Gasteiger partial charge in [0.15, 0.2) is 0 Å². The van der Waals surface area contributed by atoms with Crippen LogP contribution >= 0.6 is 0 Å². The van der Waals surface area contributed by atoms with Gasteiger partial charge in [-0.25, -0.2) is 4.39 Å². The number of aryl methyl sites for hydroxylation is 1. The average Bonchev–Trinajstić information content (AvgIpc) is 2.87. The van der Waals surface area contributed by atoms with Crippen LogP contribution < -0.4 is 11.1 Å². The van der Waals surface area contributed by atoms with Crippen LogP contribution in [0.3, 0.4) is 0 Å². The molecule has 0 fully saturated rings. The first-order valence-electron chi connectivity index (χ1n) is 7.05. The highest BCUT2D eigenvalue weighted by molar-refractivity contribution is 5.99. The SMILES string of the molecule is NC(CCc1ccccc1)c1cc(F)c2c(c1)CC(=O)N2. The molecule has 3 nitrogen and oxygen atoms in total. The first kappa shape index (κ1) is 13.8. The number of carbonyl (C=O) groups excluding carboxylic acids is 1. The number of anilines is 1. The van der Waals surface area contributed by atoms with Gasteiger partial charge in [0.05, 0.1) is 12.1 Å². The first-order valence-corrected chi connectivity index (χ1v) is 7.05. The lowest BCUT2D eigenvalue weighted by atomic mass is 9.97. The maximum atomic E-state index is 14.0. The van der Waals surface area contributed by atoms with Crippen molar-refractivity contribution in [3.05, 3.63) is 65.0 Å². The molecular formula is C17H17FN2O. The second kappa shape index (κ2) is 5.66. The molecule has 1 aliphatic rings. The number of nitrogens with two attached hydrogens (primary N) is 1. The van der Waals surface area contributed by atoms with E-state index in [9.17, 15) is 9.18 Å². The van der Waals surface area contributed by atoms with Gasteiger partial charge in [-0.1, -0.05) is 36.4 Å². The molecule has 108 valence electrons. The Hall–Kier alpha value is -2.20. The second-order valence-corrected chi connectivity index (χ2v) is 5.39. The number of nitrogens with one attached hydrogen (secondary N) is 1. The molecule has 1 amide bonds. The lowest BCUT2D eigenvalue weighted by Crippen LogP contribution is -2.12. The maximum Gasteiger partial charge on any atom is 0.228 e. The molecule has 0 bridgehead atoms. The largest absolute Gasteiger partial charge is 0.324 e. The summed E-state index contributed by atoms with van der Waals surface area (Å²) in [6.45, 7) is 0. The Bertz CT molecular complexity index is 670. The Labute approximate surface area is 123 Å². The third-order valence-electron chi connectivity index (χ3n) is 3.82. The van der Waals surface area contributed by atoms with Crippen LogP contribution in [-0.2, 0) is 17.6 Å².